The summed E-state index contributed by atoms with van der Waals surface area (Å²) in [6.45, 7) is 6.79. The van der Waals surface area contributed by atoms with Crippen LogP contribution in [0.1, 0.15) is 38.2 Å². The lowest BCUT2D eigenvalue weighted by Gasteiger charge is -2.10. The minimum absolute atomic E-state index is 0.0965. The van der Waals surface area contributed by atoms with Gasteiger partial charge in [0, 0.05) is 5.41 Å². The monoisotopic (exact) mass is 347 g/mol. The number of rotatable bonds is 5. The summed E-state index contributed by atoms with van der Waals surface area (Å²) in [6, 6.07) is 7.31. The van der Waals surface area contributed by atoms with E-state index in [2.05, 4.69) is 15.5 Å². The maximum Gasteiger partial charge on any atom is 0.232 e. The van der Waals surface area contributed by atoms with Gasteiger partial charge in [0.1, 0.15) is 11.5 Å². The van der Waals surface area contributed by atoms with Gasteiger partial charge in [-0.25, -0.2) is 8.78 Å². The summed E-state index contributed by atoms with van der Waals surface area (Å²) in [5.74, 6) is 0.179. The van der Waals surface area contributed by atoms with Crippen molar-refractivity contribution in [2.24, 2.45) is 0 Å². The second-order valence-electron chi connectivity index (χ2n) is 6.74. The third-order valence-electron chi connectivity index (χ3n) is 3.57. The summed E-state index contributed by atoms with van der Waals surface area (Å²) in [5.41, 5.74) is -0.102. The van der Waals surface area contributed by atoms with Crippen molar-refractivity contribution in [3.8, 4) is 11.3 Å². The van der Waals surface area contributed by atoms with Crippen LogP contribution in [-0.2, 0) is 18.5 Å². The van der Waals surface area contributed by atoms with E-state index < -0.39 is 11.6 Å². The Morgan fingerprint density at radius 3 is 2.60 bits per heavy atom. The number of nitrogens with zero attached hydrogens (tertiary/aromatic N) is 2. The molecule has 5 nitrogen and oxygen atoms in total. The van der Waals surface area contributed by atoms with Crippen molar-refractivity contribution in [2.75, 3.05) is 0 Å². The van der Waals surface area contributed by atoms with E-state index in [9.17, 15) is 8.78 Å². The first-order valence-electron chi connectivity index (χ1n) is 7.91. The number of nitrogens with one attached hydrogen (secondary N) is 1. The minimum Gasteiger partial charge on any atom is -0.460 e. The predicted octanol–water partition coefficient (Wildman–Crippen LogP) is 4.20. The largest absolute Gasteiger partial charge is 0.460 e. The van der Waals surface area contributed by atoms with Crippen LogP contribution in [0.15, 0.2) is 39.3 Å². The van der Waals surface area contributed by atoms with Crippen molar-refractivity contribution in [3.63, 3.8) is 0 Å². The maximum absolute atomic E-state index is 13.8. The van der Waals surface area contributed by atoms with Gasteiger partial charge in [0.05, 0.1) is 18.7 Å². The first kappa shape index (κ1) is 17.3. The molecule has 1 N–H and O–H groups in total. The molecule has 0 aliphatic rings. The Hall–Kier alpha value is -2.54. The molecule has 0 saturated carbocycles. The van der Waals surface area contributed by atoms with Gasteiger partial charge < -0.3 is 14.3 Å². The molecule has 0 spiro atoms. The Bertz CT molecular complexity index is 865. The number of furan rings is 1. The summed E-state index contributed by atoms with van der Waals surface area (Å²) in [6.07, 6.45) is 0. The van der Waals surface area contributed by atoms with Gasteiger partial charge in [0.2, 0.25) is 5.89 Å². The standard InChI is InChI=1S/C18H19F2N3O2/c1-18(2,3)17-22-15(23-25-17)10-21-9-11-7-8-14(24-11)12-5-4-6-13(19)16(12)20/h4-8,21H,9-10H2,1-3H3. The quantitative estimate of drug-likeness (QED) is 0.749. The van der Waals surface area contributed by atoms with Gasteiger partial charge in [0.15, 0.2) is 17.5 Å². The minimum atomic E-state index is -0.919. The third-order valence-corrected chi connectivity index (χ3v) is 3.57. The van der Waals surface area contributed by atoms with E-state index in [0.717, 1.165) is 6.07 Å². The van der Waals surface area contributed by atoms with Crippen LogP contribution in [0.25, 0.3) is 11.3 Å². The Kier molecular flexibility index (Phi) is 4.67. The highest BCUT2D eigenvalue weighted by atomic mass is 19.2. The number of hydrogen-bond acceptors (Lipinski definition) is 5. The molecule has 25 heavy (non-hydrogen) atoms. The zero-order valence-electron chi connectivity index (χ0n) is 14.3. The Morgan fingerprint density at radius 1 is 1.08 bits per heavy atom. The molecule has 0 saturated heterocycles. The van der Waals surface area contributed by atoms with Crippen molar-refractivity contribution >= 4 is 0 Å². The number of benzene rings is 1. The van der Waals surface area contributed by atoms with Gasteiger partial charge in [0.25, 0.3) is 0 Å². The molecule has 1 aromatic carbocycles. The summed E-state index contributed by atoms with van der Waals surface area (Å²) in [4.78, 5) is 4.32. The lowest BCUT2D eigenvalue weighted by molar-refractivity contribution is 0.317. The van der Waals surface area contributed by atoms with Gasteiger partial charge in [-0.3, -0.25) is 0 Å². The Morgan fingerprint density at radius 2 is 1.88 bits per heavy atom. The molecule has 0 amide bonds. The molecular weight excluding hydrogens is 328 g/mol. The smallest absolute Gasteiger partial charge is 0.232 e. The van der Waals surface area contributed by atoms with Crippen molar-refractivity contribution in [1.82, 2.24) is 15.5 Å². The molecule has 3 aromatic rings. The summed E-state index contributed by atoms with van der Waals surface area (Å²) < 4.78 is 37.9. The molecule has 0 fully saturated rings. The summed E-state index contributed by atoms with van der Waals surface area (Å²) in [5, 5.41) is 7.04. The highest BCUT2D eigenvalue weighted by Crippen LogP contribution is 2.26. The van der Waals surface area contributed by atoms with Gasteiger partial charge in [-0.2, -0.15) is 4.98 Å². The van der Waals surface area contributed by atoms with Crippen LogP contribution in [0.3, 0.4) is 0 Å². The van der Waals surface area contributed by atoms with Crippen LogP contribution >= 0.6 is 0 Å². The van der Waals surface area contributed by atoms with Crippen LogP contribution in [-0.4, -0.2) is 10.1 Å². The molecule has 3 rings (SSSR count). The third kappa shape index (κ3) is 3.93. The van der Waals surface area contributed by atoms with E-state index in [1.54, 1.807) is 12.1 Å². The van der Waals surface area contributed by atoms with Crippen molar-refractivity contribution in [3.05, 3.63) is 59.4 Å². The van der Waals surface area contributed by atoms with Crippen LogP contribution in [0, 0.1) is 11.6 Å². The molecule has 0 atom stereocenters. The van der Waals surface area contributed by atoms with E-state index in [4.69, 9.17) is 8.94 Å². The maximum atomic E-state index is 13.8. The highest BCUT2D eigenvalue weighted by molar-refractivity contribution is 5.58. The topological polar surface area (TPSA) is 64.1 Å². The van der Waals surface area contributed by atoms with Crippen LogP contribution in [0.2, 0.25) is 0 Å². The van der Waals surface area contributed by atoms with E-state index in [-0.39, 0.29) is 16.7 Å². The van der Waals surface area contributed by atoms with E-state index in [1.807, 2.05) is 20.8 Å². The van der Waals surface area contributed by atoms with Gasteiger partial charge in [-0.1, -0.05) is 32.0 Å². The SMILES string of the molecule is CC(C)(C)c1nc(CNCc2ccc(-c3cccc(F)c3F)o2)no1. The normalized spacial score (nSPS) is 11.9. The summed E-state index contributed by atoms with van der Waals surface area (Å²) >= 11 is 0. The average Bonchev–Trinajstić information content (AvgIpc) is 3.19. The Labute approximate surface area is 144 Å². The predicted molar refractivity (Wildman–Crippen MR) is 87.6 cm³/mol. The fourth-order valence-electron chi connectivity index (χ4n) is 2.24. The van der Waals surface area contributed by atoms with Crippen LogP contribution < -0.4 is 5.32 Å². The first-order valence-corrected chi connectivity index (χ1v) is 7.91. The molecule has 0 unspecified atom stereocenters. The zero-order valence-corrected chi connectivity index (χ0v) is 14.3. The fourth-order valence-corrected chi connectivity index (χ4v) is 2.24. The number of hydrogen-bond donors (Lipinski definition) is 1. The number of halogens is 2. The lowest BCUT2D eigenvalue weighted by atomic mass is 9.97. The molecule has 0 aliphatic heterocycles. The van der Waals surface area contributed by atoms with Crippen LogP contribution in [0.5, 0.6) is 0 Å². The van der Waals surface area contributed by atoms with Crippen molar-refractivity contribution in [1.29, 1.82) is 0 Å². The van der Waals surface area contributed by atoms with Gasteiger partial charge >= 0.3 is 0 Å². The van der Waals surface area contributed by atoms with Crippen LogP contribution in [0.4, 0.5) is 8.78 Å². The average molecular weight is 347 g/mol. The summed E-state index contributed by atoms with van der Waals surface area (Å²) in [7, 11) is 0. The second-order valence-corrected chi connectivity index (χ2v) is 6.74. The molecule has 2 aromatic heterocycles. The highest BCUT2D eigenvalue weighted by Gasteiger charge is 2.21. The molecular formula is C18H19F2N3O2. The van der Waals surface area contributed by atoms with Crippen molar-refractivity contribution < 1.29 is 17.7 Å². The van der Waals surface area contributed by atoms with E-state index in [1.165, 1.54) is 12.1 Å². The molecule has 132 valence electrons. The molecule has 2 heterocycles. The van der Waals surface area contributed by atoms with Crippen molar-refractivity contribution in [2.45, 2.75) is 39.3 Å². The first-order chi connectivity index (χ1) is 11.8. The fraction of sp³-hybridized carbons (Fsp3) is 0.333. The molecule has 7 heteroatoms. The zero-order chi connectivity index (χ0) is 18.0. The Balaban J connectivity index is 1.61. The molecule has 0 bridgehead atoms. The second kappa shape index (κ2) is 6.76. The van der Waals surface area contributed by atoms with Gasteiger partial charge in [-0.05, 0) is 24.3 Å². The molecule has 0 radical (unpaired) electrons. The van der Waals surface area contributed by atoms with E-state index >= 15 is 0 Å². The molecule has 0 aliphatic carbocycles. The number of aromatic nitrogens is 2. The van der Waals surface area contributed by atoms with Gasteiger partial charge in [-0.15, -0.1) is 0 Å². The lowest BCUT2D eigenvalue weighted by Crippen LogP contribution is -2.15. The van der Waals surface area contributed by atoms with E-state index in [0.29, 0.717) is 30.6 Å².